The molecular formula is C19H25NO2. The number of aromatic hydroxyl groups is 1. The molecule has 0 radical (unpaired) electrons. The van der Waals surface area contributed by atoms with Crippen molar-refractivity contribution in [3.63, 3.8) is 0 Å². The highest BCUT2D eigenvalue weighted by Crippen LogP contribution is 2.29. The zero-order valence-corrected chi connectivity index (χ0v) is 14.1. The standard InChI is InChI=1S/C19H25NO2/c1-12-6-14(3)18(21)17(9-12)11-22-19-15(4)7-13(2)8-16(19)10-20-5/h6-9,20-21H,10-11H2,1-5H3. The number of phenols is 1. The Morgan fingerprint density at radius 3 is 2.14 bits per heavy atom. The molecule has 0 aromatic heterocycles. The highest BCUT2D eigenvalue weighted by atomic mass is 16.5. The summed E-state index contributed by atoms with van der Waals surface area (Å²) in [5.74, 6) is 1.23. The number of ether oxygens (including phenoxy) is 1. The quantitative estimate of drug-likeness (QED) is 0.879. The molecule has 0 spiro atoms. The summed E-state index contributed by atoms with van der Waals surface area (Å²) in [5, 5.41) is 13.4. The lowest BCUT2D eigenvalue weighted by molar-refractivity contribution is 0.293. The Morgan fingerprint density at radius 1 is 0.909 bits per heavy atom. The van der Waals surface area contributed by atoms with Gasteiger partial charge in [0.25, 0.3) is 0 Å². The first-order chi connectivity index (χ1) is 10.4. The lowest BCUT2D eigenvalue weighted by Crippen LogP contribution is -2.09. The molecule has 0 saturated heterocycles. The first kappa shape index (κ1) is 16.4. The Morgan fingerprint density at radius 2 is 1.50 bits per heavy atom. The second kappa shape index (κ2) is 6.84. The number of phenolic OH excluding ortho intramolecular Hbond substituents is 1. The Hall–Kier alpha value is -2.00. The van der Waals surface area contributed by atoms with Crippen molar-refractivity contribution in [2.45, 2.75) is 40.8 Å². The summed E-state index contributed by atoms with van der Waals surface area (Å²) in [7, 11) is 1.93. The molecule has 0 aliphatic carbocycles. The maximum atomic E-state index is 10.2. The van der Waals surface area contributed by atoms with E-state index in [2.05, 4.69) is 31.3 Å². The second-order valence-corrected chi connectivity index (χ2v) is 5.98. The third-order valence-corrected chi connectivity index (χ3v) is 3.76. The van der Waals surface area contributed by atoms with Crippen LogP contribution >= 0.6 is 0 Å². The van der Waals surface area contributed by atoms with Crippen molar-refractivity contribution >= 4 is 0 Å². The van der Waals surface area contributed by atoms with Gasteiger partial charge in [-0.05, 0) is 51.9 Å². The molecular weight excluding hydrogens is 274 g/mol. The van der Waals surface area contributed by atoms with Crippen LogP contribution in [-0.4, -0.2) is 12.2 Å². The van der Waals surface area contributed by atoms with E-state index in [1.165, 1.54) is 5.56 Å². The van der Waals surface area contributed by atoms with E-state index in [-0.39, 0.29) is 0 Å². The molecule has 0 bridgehead atoms. The minimum Gasteiger partial charge on any atom is -0.507 e. The van der Waals surface area contributed by atoms with Crippen LogP contribution in [0.3, 0.4) is 0 Å². The van der Waals surface area contributed by atoms with Gasteiger partial charge >= 0.3 is 0 Å². The molecule has 2 aromatic rings. The number of aryl methyl sites for hydroxylation is 4. The monoisotopic (exact) mass is 299 g/mol. The van der Waals surface area contributed by atoms with Crippen molar-refractivity contribution in [2.75, 3.05) is 7.05 Å². The van der Waals surface area contributed by atoms with Gasteiger partial charge in [-0.1, -0.05) is 29.3 Å². The molecule has 22 heavy (non-hydrogen) atoms. The van der Waals surface area contributed by atoms with E-state index in [1.54, 1.807) is 0 Å². The molecule has 0 heterocycles. The van der Waals surface area contributed by atoms with Crippen molar-refractivity contribution < 1.29 is 9.84 Å². The van der Waals surface area contributed by atoms with Gasteiger partial charge in [0.1, 0.15) is 18.1 Å². The van der Waals surface area contributed by atoms with Crippen LogP contribution in [0, 0.1) is 27.7 Å². The van der Waals surface area contributed by atoms with Crippen molar-refractivity contribution in [2.24, 2.45) is 0 Å². The number of hydrogen-bond acceptors (Lipinski definition) is 3. The van der Waals surface area contributed by atoms with Crippen LogP contribution in [-0.2, 0) is 13.2 Å². The van der Waals surface area contributed by atoms with Gasteiger partial charge in [0.05, 0.1) is 0 Å². The number of hydrogen-bond donors (Lipinski definition) is 2. The van der Waals surface area contributed by atoms with Crippen LogP contribution in [0.5, 0.6) is 11.5 Å². The van der Waals surface area contributed by atoms with Gasteiger partial charge in [0.2, 0.25) is 0 Å². The van der Waals surface area contributed by atoms with Gasteiger partial charge in [-0.2, -0.15) is 0 Å². The average molecular weight is 299 g/mol. The predicted octanol–water partition coefficient (Wildman–Crippen LogP) is 3.92. The molecule has 0 fully saturated rings. The number of nitrogens with one attached hydrogen (secondary N) is 1. The van der Waals surface area contributed by atoms with Gasteiger partial charge in [0, 0.05) is 17.7 Å². The summed E-state index contributed by atoms with van der Waals surface area (Å²) in [4.78, 5) is 0. The van der Waals surface area contributed by atoms with Crippen molar-refractivity contribution in [1.82, 2.24) is 5.32 Å². The third-order valence-electron chi connectivity index (χ3n) is 3.76. The minimum absolute atomic E-state index is 0.325. The van der Waals surface area contributed by atoms with Crippen LogP contribution in [0.4, 0.5) is 0 Å². The molecule has 118 valence electrons. The second-order valence-electron chi connectivity index (χ2n) is 5.98. The molecule has 2 rings (SSSR count). The Bertz CT molecular complexity index is 678. The molecule has 0 amide bonds. The van der Waals surface area contributed by atoms with Crippen molar-refractivity contribution in [3.8, 4) is 11.5 Å². The van der Waals surface area contributed by atoms with E-state index < -0.39 is 0 Å². The van der Waals surface area contributed by atoms with E-state index in [0.717, 1.165) is 40.1 Å². The zero-order valence-electron chi connectivity index (χ0n) is 14.1. The van der Waals surface area contributed by atoms with Crippen molar-refractivity contribution in [3.05, 3.63) is 57.6 Å². The molecule has 0 atom stereocenters. The van der Waals surface area contributed by atoms with Crippen LogP contribution < -0.4 is 10.1 Å². The summed E-state index contributed by atoms with van der Waals surface area (Å²) < 4.78 is 6.05. The summed E-state index contributed by atoms with van der Waals surface area (Å²) in [6.07, 6.45) is 0. The van der Waals surface area contributed by atoms with E-state index in [9.17, 15) is 5.11 Å². The summed E-state index contributed by atoms with van der Waals surface area (Å²) in [6.45, 7) is 9.22. The Kier molecular flexibility index (Phi) is 5.09. The predicted molar refractivity (Wildman–Crippen MR) is 90.6 cm³/mol. The molecule has 2 aromatic carbocycles. The maximum Gasteiger partial charge on any atom is 0.127 e. The lowest BCUT2D eigenvalue weighted by Gasteiger charge is -2.16. The number of rotatable bonds is 5. The molecule has 0 aliphatic rings. The molecule has 0 saturated carbocycles. The van der Waals surface area contributed by atoms with Crippen LogP contribution in [0.15, 0.2) is 24.3 Å². The smallest absolute Gasteiger partial charge is 0.127 e. The van der Waals surface area contributed by atoms with Crippen molar-refractivity contribution in [1.29, 1.82) is 0 Å². The fraction of sp³-hybridized carbons (Fsp3) is 0.368. The van der Waals surface area contributed by atoms with Gasteiger partial charge in [0.15, 0.2) is 0 Å². The molecule has 0 aliphatic heterocycles. The number of benzene rings is 2. The van der Waals surface area contributed by atoms with Crippen LogP contribution in [0.1, 0.15) is 33.4 Å². The summed E-state index contributed by atoms with van der Waals surface area (Å²) in [6, 6.07) is 8.21. The van der Waals surface area contributed by atoms with Gasteiger partial charge in [-0.15, -0.1) is 0 Å². The molecule has 0 unspecified atom stereocenters. The van der Waals surface area contributed by atoms with Gasteiger partial charge < -0.3 is 15.2 Å². The van der Waals surface area contributed by atoms with Crippen LogP contribution in [0.25, 0.3) is 0 Å². The minimum atomic E-state index is 0.325. The van der Waals surface area contributed by atoms with E-state index >= 15 is 0 Å². The van der Waals surface area contributed by atoms with E-state index in [1.807, 2.05) is 33.0 Å². The van der Waals surface area contributed by atoms with E-state index in [0.29, 0.717) is 12.4 Å². The lowest BCUT2D eigenvalue weighted by atomic mass is 10.0. The Labute approximate surface area is 133 Å². The third kappa shape index (κ3) is 3.60. The summed E-state index contributed by atoms with van der Waals surface area (Å²) in [5.41, 5.74) is 6.33. The van der Waals surface area contributed by atoms with E-state index in [4.69, 9.17) is 4.74 Å². The first-order valence-electron chi connectivity index (χ1n) is 7.59. The van der Waals surface area contributed by atoms with Gasteiger partial charge in [-0.3, -0.25) is 0 Å². The van der Waals surface area contributed by atoms with Crippen LogP contribution in [0.2, 0.25) is 0 Å². The van der Waals surface area contributed by atoms with Gasteiger partial charge in [-0.25, -0.2) is 0 Å². The summed E-state index contributed by atoms with van der Waals surface area (Å²) >= 11 is 0. The fourth-order valence-electron chi connectivity index (χ4n) is 2.88. The Balaban J connectivity index is 2.29. The molecule has 2 N–H and O–H groups in total. The fourth-order valence-corrected chi connectivity index (χ4v) is 2.88. The highest BCUT2D eigenvalue weighted by Gasteiger charge is 2.11. The largest absolute Gasteiger partial charge is 0.507 e. The average Bonchev–Trinajstić information content (AvgIpc) is 2.43. The normalized spacial score (nSPS) is 10.8. The SMILES string of the molecule is CNCc1cc(C)cc(C)c1OCc1cc(C)cc(C)c1O. The molecule has 3 heteroatoms. The topological polar surface area (TPSA) is 41.5 Å². The first-order valence-corrected chi connectivity index (χ1v) is 7.59. The molecule has 3 nitrogen and oxygen atoms in total. The zero-order chi connectivity index (χ0) is 16.3. The highest BCUT2D eigenvalue weighted by molar-refractivity contribution is 5.45. The maximum absolute atomic E-state index is 10.2.